The molecule has 0 saturated heterocycles. The number of nitrogens with zero attached hydrogens (tertiary/aromatic N) is 1. The zero-order valence-electron chi connectivity index (χ0n) is 10.6. The summed E-state index contributed by atoms with van der Waals surface area (Å²) in [5, 5.41) is 11.0. The van der Waals surface area contributed by atoms with E-state index in [9.17, 15) is 14.9 Å². The van der Waals surface area contributed by atoms with Gasteiger partial charge in [0.1, 0.15) is 0 Å². The Labute approximate surface area is 114 Å². The molecule has 104 valence electrons. The van der Waals surface area contributed by atoms with E-state index in [4.69, 9.17) is 21.1 Å². The SMILES string of the molecule is COC(=O)Cc1c([N+](=O)[O-])cc(OC)c(OC)c1Cl. The van der Waals surface area contributed by atoms with E-state index < -0.39 is 10.9 Å². The molecule has 0 aromatic heterocycles. The van der Waals surface area contributed by atoms with Gasteiger partial charge in [-0.3, -0.25) is 14.9 Å². The second-order valence-electron chi connectivity index (χ2n) is 3.43. The summed E-state index contributed by atoms with van der Waals surface area (Å²) in [6.45, 7) is 0. The molecule has 0 radical (unpaired) electrons. The number of nitro groups is 1. The van der Waals surface area contributed by atoms with Crippen molar-refractivity contribution in [3.05, 3.63) is 26.8 Å². The normalized spacial score (nSPS) is 9.89. The lowest BCUT2D eigenvalue weighted by atomic mass is 10.1. The molecule has 0 fully saturated rings. The number of ether oxygens (including phenoxy) is 3. The molecular formula is C11H12ClNO6. The summed E-state index contributed by atoms with van der Waals surface area (Å²) in [7, 11) is 3.86. The van der Waals surface area contributed by atoms with Gasteiger partial charge in [-0.1, -0.05) is 11.6 Å². The highest BCUT2D eigenvalue weighted by atomic mass is 35.5. The molecule has 0 spiro atoms. The number of rotatable bonds is 5. The van der Waals surface area contributed by atoms with E-state index in [1.54, 1.807) is 0 Å². The number of carbonyl (C=O) groups excluding carboxylic acids is 1. The Morgan fingerprint density at radius 3 is 2.42 bits per heavy atom. The van der Waals surface area contributed by atoms with Crippen LogP contribution in [0.15, 0.2) is 6.07 Å². The summed E-state index contributed by atoms with van der Waals surface area (Å²) >= 11 is 6.03. The van der Waals surface area contributed by atoms with Crippen LogP contribution >= 0.6 is 11.6 Å². The lowest BCUT2D eigenvalue weighted by molar-refractivity contribution is -0.385. The number of halogens is 1. The minimum Gasteiger partial charge on any atom is -0.493 e. The molecule has 0 heterocycles. The lowest BCUT2D eigenvalue weighted by Gasteiger charge is -2.12. The van der Waals surface area contributed by atoms with E-state index in [-0.39, 0.29) is 34.2 Å². The van der Waals surface area contributed by atoms with Crippen molar-refractivity contribution in [1.82, 2.24) is 0 Å². The molecule has 0 atom stereocenters. The van der Waals surface area contributed by atoms with Crippen LogP contribution in [0.1, 0.15) is 5.56 Å². The van der Waals surface area contributed by atoms with E-state index in [2.05, 4.69) is 4.74 Å². The van der Waals surface area contributed by atoms with Crippen molar-refractivity contribution in [2.75, 3.05) is 21.3 Å². The first-order chi connectivity index (χ1) is 8.96. The van der Waals surface area contributed by atoms with Crippen LogP contribution in [0.2, 0.25) is 5.02 Å². The number of esters is 1. The van der Waals surface area contributed by atoms with Crippen molar-refractivity contribution in [3.63, 3.8) is 0 Å². The summed E-state index contributed by atoms with van der Waals surface area (Å²) in [6, 6.07) is 1.16. The van der Waals surface area contributed by atoms with Gasteiger partial charge in [-0.05, 0) is 0 Å². The molecule has 0 unspecified atom stereocenters. The zero-order chi connectivity index (χ0) is 14.6. The summed E-state index contributed by atoms with van der Waals surface area (Å²) in [5.74, 6) is -0.390. The van der Waals surface area contributed by atoms with Crippen molar-refractivity contribution in [1.29, 1.82) is 0 Å². The Morgan fingerprint density at radius 1 is 1.37 bits per heavy atom. The van der Waals surface area contributed by atoms with Crippen LogP contribution in [0.5, 0.6) is 11.5 Å². The lowest BCUT2D eigenvalue weighted by Crippen LogP contribution is -2.08. The van der Waals surface area contributed by atoms with E-state index in [0.717, 1.165) is 6.07 Å². The third-order valence-corrected chi connectivity index (χ3v) is 2.83. The predicted molar refractivity (Wildman–Crippen MR) is 66.9 cm³/mol. The zero-order valence-corrected chi connectivity index (χ0v) is 11.3. The van der Waals surface area contributed by atoms with Gasteiger partial charge in [0.05, 0.1) is 49.3 Å². The molecule has 1 rings (SSSR count). The van der Waals surface area contributed by atoms with Crippen LogP contribution in [-0.4, -0.2) is 32.2 Å². The molecule has 0 aliphatic rings. The van der Waals surface area contributed by atoms with Crippen molar-refractivity contribution >= 4 is 23.3 Å². The van der Waals surface area contributed by atoms with Crippen LogP contribution in [0.25, 0.3) is 0 Å². The maximum absolute atomic E-state index is 11.3. The van der Waals surface area contributed by atoms with Crippen molar-refractivity contribution in [2.24, 2.45) is 0 Å². The summed E-state index contributed by atoms with van der Waals surface area (Å²) in [6.07, 6.45) is -0.327. The van der Waals surface area contributed by atoms with Gasteiger partial charge >= 0.3 is 5.97 Å². The molecule has 0 saturated carbocycles. The standard InChI is InChI=1S/C11H12ClNO6/c1-17-8-5-7(13(15)16)6(4-9(14)18-2)10(12)11(8)19-3/h5H,4H2,1-3H3. The van der Waals surface area contributed by atoms with Gasteiger partial charge in [0.2, 0.25) is 0 Å². The molecule has 1 aromatic carbocycles. The van der Waals surface area contributed by atoms with Gasteiger partial charge in [-0.15, -0.1) is 0 Å². The molecule has 0 bridgehead atoms. The molecule has 0 amide bonds. The average Bonchev–Trinajstić information content (AvgIpc) is 2.39. The highest BCUT2D eigenvalue weighted by Crippen LogP contribution is 2.42. The van der Waals surface area contributed by atoms with Gasteiger partial charge in [0, 0.05) is 0 Å². The van der Waals surface area contributed by atoms with Crippen molar-refractivity contribution < 1.29 is 23.9 Å². The topological polar surface area (TPSA) is 87.9 Å². The fourth-order valence-electron chi connectivity index (χ4n) is 1.52. The first kappa shape index (κ1) is 15.0. The third-order valence-electron chi connectivity index (χ3n) is 2.43. The Kier molecular flexibility index (Phi) is 4.94. The Morgan fingerprint density at radius 2 is 2.00 bits per heavy atom. The summed E-state index contributed by atoms with van der Waals surface area (Å²) in [4.78, 5) is 21.7. The van der Waals surface area contributed by atoms with E-state index in [0.29, 0.717) is 0 Å². The number of hydrogen-bond donors (Lipinski definition) is 0. The minimum absolute atomic E-state index is 0.0242. The van der Waals surface area contributed by atoms with Crippen molar-refractivity contribution in [3.8, 4) is 11.5 Å². The van der Waals surface area contributed by atoms with E-state index >= 15 is 0 Å². The molecule has 0 aliphatic heterocycles. The van der Waals surface area contributed by atoms with Gasteiger partial charge in [0.25, 0.3) is 5.69 Å². The Bertz CT molecular complexity index is 516. The largest absolute Gasteiger partial charge is 0.493 e. The maximum Gasteiger partial charge on any atom is 0.310 e. The van der Waals surface area contributed by atoms with Crippen LogP contribution in [0, 0.1) is 10.1 Å². The fourth-order valence-corrected chi connectivity index (χ4v) is 1.86. The van der Waals surface area contributed by atoms with Gasteiger partial charge < -0.3 is 14.2 Å². The number of carbonyl (C=O) groups is 1. The monoisotopic (exact) mass is 289 g/mol. The molecule has 0 aliphatic carbocycles. The maximum atomic E-state index is 11.3. The molecular weight excluding hydrogens is 278 g/mol. The molecule has 1 aromatic rings. The van der Waals surface area contributed by atoms with Gasteiger partial charge in [-0.2, -0.15) is 0 Å². The van der Waals surface area contributed by atoms with Crippen LogP contribution in [0.3, 0.4) is 0 Å². The number of nitro benzene ring substituents is 1. The predicted octanol–water partition coefficient (Wildman–Crippen LogP) is 1.98. The third kappa shape index (κ3) is 3.05. The molecule has 7 nitrogen and oxygen atoms in total. The quantitative estimate of drug-likeness (QED) is 0.468. The van der Waals surface area contributed by atoms with Crippen LogP contribution < -0.4 is 9.47 Å². The van der Waals surface area contributed by atoms with Gasteiger partial charge in [0.15, 0.2) is 11.5 Å². The first-order valence-corrected chi connectivity index (χ1v) is 5.48. The van der Waals surface area contributed by atoms with Crippen molar-refractivity contribution in [2.45, 2.75) is 6.42 Å². The number of benzene rings is 1. The van der Waals surface area contributed by atoms with E-state index in [1.807, 2.05) is 0 Å². The summed E-state index contributed by atoms with van der Waals surface area (Å²) < 4.78 is 14.5. The summed E-state index contributed by atoms with van der Waals surface area (Å²) in [5.41, 5.74) is -0.302. The highest BCUT2D eigenvalue weighted by molar-refractivity contribution is 6.33. The smallest absolute Gasteiger partial charge is 0.310 e. The molecule has 8 heteroatoms. The second kappa shape index (κ2) is 6.24. The highest BCUT2D eigenvalue weighted by Gasteiger charge is 2.26. The molecule has 0 N–H and O–H groups in total. The Balaban J connectivity index is 3.48. The fraction of sp³-hybridized carbons (Fsp3) is 0.364. The number of methoxy groups -OCH3 is 3. The Hall–Kier alpha value is -2.02. The minimum atomic E-state index is -0.647. The second-order valence-corrected chi connectivity index (χ2v) is 3.81. The molecule has 19 heavy (non-hydrogen) atoms. The first-order valence-electron chi connectivity index (χ1n) is 5.10. The average molecular weight is 290 g/mol. The van der Waals surface area contributed by atoms with Gasteiger partial charge in [-0.25, -0.2) is 0 Å². The van der Waals surface area contributed by atoms with Crippen LogP contribution in [-0.2, 0) is 16.0 Å². The van der Waals surface area contributed by atoms with E-state index in [1.165, 1.54) is 21.3 Å². The van der Waals surface area contributed by atoms with Crippen LogP contribution in [0.4, 0.5) is 5.69 Å². The number of hydrogen-bond acceptors (Lipinski definition) is 6.